The molecular formula is C27H38N2O8. The van der Waals surface area contributed by atoms with Crippen molar-refractivity contribution in [2.24, 2.45) is 17.8 Å². The second-order valence-electron chi connectivity index (χ2n) is 11.6. The molecule has 0 radical (unpaired) electrons. The van der Waals surface area contributed by atoms with Crippen molar-refractivity contribution in [1.29, 1.82) is 0 Å². The Balaban J connectivity index is 0.000000241. The molecule has 6 aliphatic rings. The Kier molecular flexibility index (Phi) is 6.35. The average Bonchev–Trinajstić information content (AvgIpc) is 3.26. The molecular weight excluding hydrogens is 480 g/mol. The number of carbonyl (C=O) groups excluding carboxylic acids is 1. The van der Waals surface area contributed by atoms with Crippen molar-refractivity contribution in [3.63, 3.8) is 0 Å². The van der Waals surface area contributed by atoms with Crippen LogP contribution >= 0.6 is 0 Å². The number of rotatable bonds is 6. The minimum Gasteiger partial charge on any atom is -0.547 e. The van der Waals surface area contributed by atoms with Crippen molar-refractivity contribution in [2.75, 3.05) is 18.5 Å². The fourth-order valence-electron chi connectivity index (χ4n) is 9.49. The average molecular weight is 519 g/mol. The molecule has 7 rings (SSSR count). The quantitative estimate of drug-likeness (QED) is 0.298. The molecule has 1 spiro atoms. The molecule has 3 unspecified atom stereocenters. The summed E-state index contributed by atoms with van der Waals surface area (Å²) in [6.45, 7) is 5.56. The summed E-state index contributed by atoms with van der Waals surface area (Å²) in [5.74, 6) is -2.65. The molecule has 37 heavy (non-hydrogen) atoms. The highest BCUT2D eigenvalue weighted by molar-refractivity contribution is 5.82. The van der Waals surface area contributed by atoms with Gasteiger partial charge in [0, 0.05) is 37.4 Å². The van der Waals surface area contributed by atoms with Crippen LogP contribution in [0.25, 0.3) is 0 Å². The Labute approximate surface area is 216 Å². The number of anilines is 1. The number of hydrogen-bond acceptors (Lipinski definition) is 8. The van der Waals surface area contributed by atoms with Crippen LogP contribution in [0.4, 0.5) is 5.69 Å². The van der Waals surface area contributed by atoms with Crippen molar-refractivity contribution < 1.29 is 44.7 Å². The molecule has 1 saturated carbocycles. The Bertz CT molecular complexity index is 1070. The summed E-state index contributed by atoms with van der Waals surface area (Å²) in [7, 11) is 2.23. The van der Waals surface area contributed by atoms with Crippen LogP contribution in [-0.4, -0.2) is 98.2 Å². The van der Waals surface area contributed by atoms with E-state index in [1.165, 1.54) is 17.7 Å². The maximum Gasteiger partial charge on any atom is 0.335 e. The third-order valence-corrected chi connectivity index (χ3v) is 10.5. The van der Waals surface area contributed by atoms with E-state index in [-0.39, 0.29) is 17.7 Å². The maximum atomic E-state index is 11.9. The van der Waals surface area contributed by atoms with Gasteiger partial charge < -0.3 is 40.3 Å². The normalized spacial score (nSPS) is 43.5. The number of para-hydroxylation sites is 1. The first-order valence-corrected chi connectivity index (χ1v) is 13.4. The highest BCUT2D eigenvalue weighted by Gasteiger charge is 2.82. The summed E-state index contributed by atoms with van der Waals surface area (Å²) >= 11 is 0. The van der Waals surface area contributed by atoms with Crippen molar-refractivity contribution in [3.05, 3.63) is 29.8 Å². The van der Waals surface area contributed by atoms with E-state index >= 15 is 0 Å². The van der Waals surface area contributed by atoms with E-state index in [0.717, 1.165) is 30.3 Å². The first-order valence-electron chi connectivity index (χ1n) is 13.4. The van der Waals surface area contributed by atoms with E-state index < -0.39 is 24.1 Å². The zero-order valence-corrected chi connectivity index (χ0v) is 21.5. The van der Waals surface area contributed by atoms with Crippen molar-refractivity contribution in [2.45, 2.75) is 87.6 Å². The minimum absolute atomic E-state index is 0.127. The lowest BCUT2D eigenvalue weighted by molar-refractivity contribution is -1.04. The number of likely N-dealkylation sites (N-methyl/N-ethyl adjacent to an activating group) is 1. The van der Waals surface area contributed by atoms with Crippen LogP contribution in [-0.2, 0) is 15.0 Å². The fraction of sp³-hybridized carbons (Fsp3) is 0.704. The number of carboxylic acids is 2. The van der Waals surface area contributed by atoms with E-state index in [2.05, 4.69) is 50.1 Å². The lowest BCUT2D eigenvalue weighted by Crippen LogP contribution is -2.83. The molecule has 5 bridgehead atoms. The first kappa shape index (κ1) is 26.4. The van der Waals surface area contributed by atoms with Crippen LogP contribution < -0.4 is 10.0 Å². The zero-order valence-electron chi connectivity index (χ0n) is 21.5. The molecule has 10 nitrogen and oxygen atoms in total. The highest BCUT2D eigenvalue weighted by atomic mass is 16.4. The largest absolute Gasteiger partial charge is 0.547 e. The smallest absolute Gasteiger partial charge is 0.335 e. The van der Waals surface area contributed by atoms with Gasteiger partial charge in [0.05, 0.1) is 36.1 Å². The number of benzene rings is 1. The number of nitrogens with zero attached hydrogens (tertiary/aromatic N) is 2. The van der Waals surface area contributed by atoms with E-state index in [1.807, 2.05) is 0 Å². The number of fused-ring (bicyclic) bond motifs is 2. The van der Waals surface area contributed by atoms with E-state index in [4.69, 9.17) is 15.3 Å². The molecule has 0 aromatic heterocycles. The van der Waals surface area contributed by atoms with Gasteiger partial charge in [0.2, 0.25) is 0 Å². The summed E-state index contributed by atoms with van der Waals surface area (Å²) in [5, 5.41) is 57.7. The van der Waals surface area contributed by atoms with Crippen molar-refractivity contribution >= 4 is 17.6 Å². The van der Waals surface area contributed by atoms with E-state index in [1.54, 1.807) is 0 Å². The summed E-state index contributed by atoms with van der Waals surface area (Å²) in [6.07, 6.45) is -0.869. The third-order valence-electron chi connectivity index (χ3n) is 10.5. The SMILES string of the molecule is CCC[N@+]12[C@H](O)[C@@H](CC)C3C[C@H]1[C@@H]1N(C)c4ccccc4C14C[C@H]2C3[C@H]4O.O=C([O-])[C@H](O)[C@@H](O)C(=O)O. The second kappa shape index (κ2) is 8.91. The molecule has 1 aliphatic carbocycles. The Hall–Kier alpha value is -2.24. The fourth-order valence-corrected chi connectivity index (χ4v) is 9.49. The molecule has 1 aromatic carbocycles. The van der Waals surface area contributed by atoms with Gasteiger partial charge in [-0.3, -0.25) is 4.48 Å². The molecule has 5 fully saturated rings. The van der Waals surface area contributed by atoms with Gasteiger partial charge in [-0.1, -0.05) is 32.0 Å². The van der Waals surface area contributed by atoms with Gasteiger partial charge in [0.25, 0.3) is 0 Å². The molecule has 5 N–H and O–H groups in total. The summed E-state index contributed by atoms with van der Waals surface area (Å²) in [5.41, 5.74) is 2.56. The van der Waals surface area contributed by atoms with E-state index in [0.29, 0.717) is 35.9 Å². The Morgan fingerprint density at radius 3 is 2.41 bits per heavy atom. The number of aliphatic hydroxyl groups is 4. The maximum absolute atomic E-state index is 11.9. The number of hydrogen-bond donors (Lipinski definition) is 5. The molecule has 10 heteroatoms. The molecule has 5 heterocycles. The number of carbonyl (C=O) groups is 2. The van der Waals surface area contributed by atoms with Crippen molar-refractivity contribution in [3.8, 4) is 0 Å². The van der Waals surface area contributed by atoms with Gasteiger partial charge in [-0.2, -0.15) is 0 Å². The van der Waals surface area contributed by atoms with Gasteiger partial charge in [-0.05, 0) is 30.4 Å². The second-order valence-corrected chi connectivity index (χ2v) is 11.6. The standard InChI is InChI=1S/C23H33N2O2.C4H6O6/c1-4-10-25-17-11-14(13(5-2)22(25)27)19-18(25)12-23(21(19)26)15-8-6-7-9-16(15)24(3)20(17)23;5-1(3(7)8)2(6)4(9)10/h6-9,13-14,17-22,26-27H,4-5,10-12H2,1-3H3;1-2,5-6H,(H,7,8)(H,9,10)/q+1;/p-1/t13-,14?,17-,18-,19?,20-,21+,22+,23?,25-;1-,2-/m01/s1. The molecule has 204 valence electrons. The highest BCUT2D eigenvalue weighted by Crippen LogP contribution is 2.71. The van der Waals surface area contributed by atoms with Gasteiger partial charge in [-0.25, -0.2) is 4.79 Å². The first-order chi connectivity index (χ1) is 17.5. The molecule has 1 aromatic rings. The lowest BCUT2D eigenvalue weighted by atomic mass is 9.60. The van der Waals surface area contributed by atoms with Crippen molar-refractivity contribution in [1.82, 2.24) is 0 Å². The lowest BCUT2D eigenvalue weighted by Gasteiger charge is -2.68. The van der Waals surface area contributed by atoms with Gasteiger partial charge in [-0.15, -0.1) is 0 Å². The summed E-state index contributed by atoms with van der Waals surface area (Å²) in [4.78, 5) is 21.9. The van der Waals surface area contributed by atoms with Crippen LogP contribution in [0.15, 0.2) is 24.3 Å². The van der Waals surface area contributed by atoms with Crippen LogP contribution in [0.2, 0.25) is 0 Å². The molecule has 0 amide bonds. The molecule has 12 atom stereocenters. The van der Waals surface area contributed by atoms with Crippen LogP contribution in [0.3, 0.4) is 0 Å². The molecule has 5 aliphatic heterocycles. The molecule has 4 saturated heterocycles. The number of quaternary nitrogens is 1. The summed E-state index contributed by atoms with van der Waals surface area (Å²) < 4.78 is 0.873. The number of aliphatic hydroxyl groups excluding tert-OH is 4. The predicted octanol–water partition coefficient (Wildman–Crippen LogP) is -0.978. The number of piperidine rings is 4. The monoisotopic (exact) mass is 518 g/mol. The van der Waals surface area contributed by atoms with E-state index in [9.17, 15) is 24.9 Å². The number of aliphatic carboxylic acids is 2. The zero-order chi connectivity index (χ0) is 27.0. The number of carboxylic acid groups (broad SMARTS) is 2. The van der Waals surface area contributed by atoms with Crippen LogP contribution in [0, 0.1) is 17.8 Å². The Morgan fingerprint density at radius 1 is 1.16 bits per heavy atom. The van der Waals surface area contributed by atoms with Crippen LogP contribution in [0.5, 0.6) is 0 Å². The summed E-state index contributed by atoms with van der Waals surface area (Å²) in [6, 6.07) is 9.97. The Morgan fingerprint density at radius 2 is 1.84 bits per heavy atom. The van der Waals surface area contributed by atoms with Gasteiger partial charge >= 0.3 is 5.97 Å². The third kappa shape index (κ3) is 3.16. The van der Waals surface area contributed by atoms with Gasteiger partial charge in [0.1, 0.15) is 12.1 Å². The topological polar surface area (TPSA) is 162 Å². The predicted molar refractivity (Wildman–Crippen MR) is 130 cm³/mol. The van der Waals surface area contributed by atoms with Gasteiger partial charge in [0.15, 0.2) is 12.3 Å². The van der Waals surface area contributed by atoms with Crippen LogP contribution in [0.1, 0.15) is 45.1 Å². The minimum atomic E-state index is -2.38.